The molecule has 0 amide bonds. The number of hydrogen-bond acceptors (Lipinski definition) is 1. The van der Waals surface area contributed by atoms with Gasteiger partial charge in [0.1, 0.15) is 0 Å². The molecule has 3 atom stereocenters. The molecule has 90 valence electrons. The quantitative estimate of drug-likeness (QED) is 0.763. The third-order valence-electron chi connectivity index (χ3n) is 3.22. The number of nitrogens with two attached hydrogens (primary N) is 1. The molecule has 0 aromatic heterocycles. The van der Waals surface area contributed by atoms with Gasteiger partial charge in [0, 0.05) is 6.04 Å². The third kappa shape index (κ3) is 3.67. The van der Waals surface area contributed by atoms with E-state index in [1.54, 1.807) is 0 Å². The Morgan fingerprint density at radius 1 is 1.27 bits per heavy atom. The molecule has 3 unspecified atom stereocenters. The van der Waals surface area contributed by atoms with E-state index in [9.17, 15) is 13.2 Å². The van der Waals surface area contributed by atoms with Crippen molar-refractivity contribution in [1.29, 1.82) is 0 Å². The highest BCUT2D eigenvalue weighted by Crippen LogP contribution is 2.43. The van der Waals surface area contributed by atoms with Gasteiger partial charge in [0.05, 0.1) is 5.92 Å². The van der Waals surface area contributed by atoms with Crippen LogP contribution in [0.1, 0.15) is 39.5 Å². The zero-order valence-electron chi connectivity index (χ0n) is 9.35. The molecule has 0 aromatic carbocycles. The first kappa shape index (κ1) is 12.8. The van der Waals surface area contributed by atoms with E-state index in [1.807, 2.05) is 13.8 Å². The van der Waals surface area contributed by atoms with E-state index in [1.165, 1.54) is 0 Å². The Labute approximate surface area is 89.2 Å². The molecule has 1 saturated carbocycles. The largest absolute Gasteiger partial charge is 0.392 e. The third-order valence-corrected chi connectivity index (χ3v) is 3.22. The van der Waals surface area contributed by atoms with Gasteiger partial charge in [-0.2, -0.15) is 13.2 Å². The molecular formula is C11H20F3N. The summed E-state index contributed by atoms with van der Waals surface area (Å²) < 4.78 is 38.2. The molecule has 1 aliphatic rings. The summed E-state index contributed by atoms with van der Waals surface area (Å²) in [6, 6.07) is -0.0349. The van der Waals surface area contributed by atoms with Crippen molar-refractivity contribution < 1.29 is 13.2 Å². The summed E-state index contributed by atoms with van der Waals surface area (Å²) in [4.78, 5) is 0. The van der Waals surface area contributed by atoms with Crippen molar-refractivity contribution in [1.82, 2.24) is 0 Å². The smallest absolute Gasteiger partial charge is 0.328 e. The lowest BCUT2D eigenvalue weighted by Gasteiger charge is -2.36. The van der Waals surface area contributed by atoms with Crippen LogP contribution in [0.15, 0.2) is 0 Å². The van der Waals surface area contributed by atoms with E-state index in [-0.39, 0.29) is 18.4 Å². The molecule has 0 spiro atoms. The minimum Gasteiger partial charge on any atom is -0.328 e. The molecule has 0 aliphatic heterocycles. The topological polar surface area (TPSA) is 26.0 Å². The van der Waals surface area contributed by atoms with Gasteiger partial charge in [-0.15, -0.1) is 0 Å². The van der Waals surface area contributed by atoms with Crippen LogP contribution in [0, 0.1) is 17.8 Å². The fourth-order valence-electron chi connectivity index (χ4n) is 2.60. The van der Waals surface area contributed by atoms with Crippen molar-refractivity contribution in [2.24, 2.45) is 23.5 Å². The summed E-state index contributed by atoms with van der Waals surface area (Å²) in [5.74, 6) is -1.08. The van der Waals surface area contributed by atoms with E-state index in [0.29, 0.717) is 25.2 Å². The summed E-state index contributed by atoms with van der Waals surface area (Å²) >= 11 is 0. The Kier molecular flexibility index (Phi) is 4.04. The molecule has 0 saturated heterocycles. The van der Waals surface area contributed by atoms with Gasteiger partial charge in [-0.1, -0.05) is 13.8 Å². The second-order valence-corrected chi connectivity index (χ2v) is 5.11. The number of hydrogen-bond donors (Lipinski definition) is 1. The van der Waals surface area contributed by atoms with E-state index in [2.05, 4.69) is 0 Å². The Morgan fingerprint density at radius 3 is 2.33 bits per heavy atom. The van der Waals surface area contributed by atoms with Gasteiger partial charge in [-0.05, 0) is 37.5 Å². The number of halogens is 3. The van der Waals surface area contributed by atoms with E-state index in [0.717, 1.165) is 0 Å². The highest BCUT2D eigenvalue weighted by molar-refractivity contribution is 4.86. The summed E-state index contributed by atoms with van der Waals surface area (Å²) in [5, 5.41) is 0. The van der Waals surface area contributed by atoms with Gasteiger partial charge in [-0.25, -0.2) is 0 Å². The van der Waals surface area contributed by atoms with Crippen LogP contribution in [0.4, 0.5) is 13.2 Å². The van der Waals surface area contributed by atoms with Gasteiger partial charge >= 0.3 is 6.18 Å². The molecule has 1 fully saturated rings. The summed E-state index contributed by atoms with van der Waals surface area (Å²) in [5.41, 5.74) is 5.74. The molecule has 1 nitrogen and oxygen atoms in total. The highest BCUT2D eigenvalue weighted by Gasteiger charge is 2.46. The average Bonchev–Trinajstić information content (AvgIpc) is 1.99. The maximum Gasteiger partial charge on any atom is 0.392 e. The van der Waals surface area contributed by atoms with Gasteiger partial charge < -0.3 is 5.73 Å². The van der Waals surface area contributed by atoms with Crippen LogP contribution in [0.5, 0.6) is 0 Å². The number of alkyl halides is 3. The first-order valence-corrected chi connectivity index (χ1v) is 5.63. The first-order chi connectivity index (χ1) is 6.80. The van der Waals surface area contributed by atoms with Gasteiger partial charge in [0.15, 0.2) is 0 Å². The van der Waals surface area contributed by atoms with Crippen molar-refractivity contribution in [3.63, 3.8) is 0 Å². The van der Waals surface area contributed by atoms with Crippen molar-refractivity contribution in [2.45, 2.75) is 51.7 Å². The molecule has 15 heavy (non-hydrogen) atoms. The summed E-state index contributed by atoms with van der Waals surface area (Å²) in [7, 11) is 0. The van der Waals surface area contributed by atoms with Crippen LogP contribution in [0.25, 0.3) is 0 Å². The maximum atomic E-state index is 12.7. The lowest BCUT2D eigenvalue weighted by atomic mass is 9.73. The monoisotopic (exact) mass is 223 g/mol. The van der Waals surface area contributed by atoms with Crippen molar-refractivity contribution >= 4 is 0 Å². The lowest BCUT2D eigenvalue weighted by Crippen LogP contribution is -2.40. The van der Waals surface area contributed by atoms with Crippen molar-refractivity contribution in [2.75, 3.05) is 0 Å². The number of rotatable bonds is 2. The molecule has 0 bridgehead atoms. The molecule has 0 radical (unpaired) electrons. The molecule has 1 rings (SSSR count). The van der Waals surface area contributed by atoms with Crippen LogP contribution < -0.4 is 5.73 Å². The zero-order chi connectivity index (χ0) is 11.6. The molecule has 4 heteroatoms. The minimum absolute atomic E-state index is 0.0349. The molecule has 0 aromatic rings. The normalized spacial score (nSPS) is 33.4. The van der Waals surface area contributed by atoms with Crippen LogP contribution in [-0.2, 0) is 0 Å². The fraction of sp³-hybridized carbons (Fsp3) is 1.00. The van der Waals surface area contributed by atoms with Crippen molar-refractivity contribution in [3.05, 3.63) is 0 Å². The second-order valence-electron chi connectivity index (χ2n) is 5.11. The Bertz CT molecular complexity index is 198. The Balaban J connectivity index is 2.66. The molecule has 2 N–H and O–H groups in total. The zero-order valence-corrected chi connectivity index (χ0v) is 9.35. The van der Waals surface area contributed by atoms with Crippen LogP contribution in [0.3, 0.4) is 0 Å². The van der Waals surface area contributed by atoms with Crippen molar-refractivity contribution in [3.8, 4) is 0 Å². The predicted octanol–water partition coefficient (Wildman–Crippen LogP) is 3.34. The summed E-state index contributed by atoms with van der Waals surface area (Å²) in [6.45, 7) is 3.93. The highest BCUT2D eigenvalue weighted by atomic mass is 19.4. The van der Waals surface area contributed by atoms with Gasteiger partial charge in [0.25, 0.3) is 0 Å². The average molecular weight is 223 g/mol. The first-order valence-electron chi connectivity index (χ1n) is 5.63. The SMILES string of the molecule is CC(C)CC1CC(N)CCC1C(F)(F)F. The standard InChI is InChI=1S/C11H20F3N/c1-7(2)5-8-6-9(15)3-4-10(8)11(12,13)14/h7-10H,3-6,15H2,1-2H3. The second kappa shape index (κ2) is 4.73. The maximum absolute atomic E-state index is 12.7. The van der Waals surface area contributed by atoms with E-state index < -0.39 is 12.1 Å². The molecular weight excluding hydrogens is 203 g/mol. The van der Waals surface area contributed by atoms with Crippen LogP contribution in [-0.4, -0.2) is 12.2 Å². The van der Waals surface area contributed by atoms with Crippen LogP contribution in [0.2, 0.25) is 0 Å². The van der Waals surface area contributed by atoms with E-state index >= 15 is 0 Å². The Hall–Kier alpha value is -0.250. The lowest BCUT2D eigenvalue weighted by molar-refractivity contribution is -0.198. The fourth-order valence-corrected chi connectivity index (χ4v) is 2.60. The van der Waals surface area contributed by atoms with Gasteiger partial charge in [-0.3, -0.25) is 0 Å². The van der Waals surface area contributed by atoms with Gasteiger partial charge in [0.2, 0.25) is 0 Å². The predicted molar refractivity (Wildman–Crippen MR) is 54.3 cm³/mol. The molecule has 0 heterocycles. The minimum atomic E-state index is -4.04. The van der Waals surface area contributed by atoms with E-state index in [4.69, 9.17) is 5.73 Å². The Morgan fingerprint density at radius 2 is 1.87 bits per heavy atom. The summed E-state index contributed by atoms with van der Waals surface area (Å²) in [6.07, 6.45) is -2.15. The molecule has 1 aliphatic carbocycles. The van der Waals surface area contributed by atoms with Crippen LogP contribution >= 0.6 is 0 Å².